The molecule has 1 aliphatic rings. The highest BCUT2D eigenvalue weighted by Gasteiger charge is 2.19. The van der Waals surface area contributed by atoms with Crippen LogP contribution in [-0.4, -0.2) is 67.1 Å². The first kappa shape index (κ1) is 20.4. The third-order valence-corrected chi connectivity index (χ3v) is 5.11. The van der Waals surface area contributed by atoms with Crippen LogP contribution >= 0.6 is 0 Å². The fraction of sp³-hybridized carbons (Fsp3) is 0.524. The monoisotopic (exact) mass is 384 g/mol. The van der Waals surface area contributed by atoms with E-state index in [9.17, 15) is 0 Å². The Morgan fingerprint density at radius 2 is 2.14 bits per heavy atom. The molecule has 7 heteroatoms. The van der Waals surface area contributed by atoms with Crippen LogP contribution in [0.3, 0.4) is 0 Å². The molecule has 7 nitrogen and oxygen atoms in total. The molecule has 1 fully saturated rings. The van der Waals surface area contributed by atoms with Gasteiger partial charge in [-0.15, -0.1) is 0 Å². The number of ether oxygens (including phenoxy) is 1. The van der Waals surface area contributed by atoms with Crippen molar-refractivity contribution in [2.24, 2.45) is 4.99 Å². The third-order valence-electron chi connectivity index (χ3n) is 5.11. The number of rotatable bonds is 8. The second-order valence-electron chi connectivity index (χ2n) is 7.15. The van der Waals surface area contributed by atoms with Crippen molar-refractivity contribution < 1.29 is 4.74 Å². The van der Waals surface area contributed by atoms with Crippen molar-refractivity contribution in [1.82, 2.24) is 25.3 Å². The average Bonchev–Trinajstić information content (AvgIpc) is 3.28. The van der Waals surface area contributed by atoms with Gasteiger partial charge in [-0.05, 0) is 43.0 Å². The maximum Gasteiger partial charge on any atom is 0.191 e. The summed E-state index contributed by atoms with van der Waals surface area (Å²) in [7, 11) is 3.60. The molecule has 0 bridgehead atoms. The molecule has 0 spiro atoms. The highest BCUT2D eigenvalue weighted by Crippen LogP contribution is 2.11. The molecular weight excluding hydrogens is 352 g/mol. The molecule has 1 aromatic heterocycles. The summed E-state index contributed by atoms with van der Waals surface area (Å²) in [5, 5.41) is 11.3. The lowest BCUT2D eigenvalue weighted by atomic mass is 10.1. The minimum atomic E-state index is 0.472. The summed E-state index contributed by atoms with van der Waals surface area (Å²) >= 11 is 0. The van der Waals surface area contributed by atoms with E-state index in [1.807, 2.05) is 24.0 Å². The number of benzene rings is 1. The van der Waals surface area contributed by atoms with Crippen molar-refractivity contribution in [2.45, 2.75) is 31.8 Å². The standard InChI is InChI=1S/C21H32N6O/c1-22-21(25-19-8-13-26(14-9-19)11-5-15-28-2)23-17-18-6-3-7-20(16-18)27-12-4-10-24-27/h3-4,6-7,10,12,16,19H,5,8-9,11,13-15,17H2,1-2H3,(H2,22,23,25). The average molecular weight is 385 g/mol. The molecule has 0 amide bonds. The Bertz CT molecular complexity index is 722. The Balaban J connectivity index is 1.44. The number of guanidine groups is 1. The molecule has 0 atom stereocenters. The molecule has 2 heterocycles. The minimum Gasteiger partial charge on any atom is -0.385 e. The minimum absolute atomic E-state index is 0.472. The van der Waals surface area contributed by atoms with E-state index in [1.165, 1.54) is 5.56 Å². The van der Waals surface area contributed by atoms with Gasteiger partial charge in [0.25, 0.3) is 0 Å². The first-order chi connectivity index (χ1) is 13.8. The van der Waals surface area contributed by atoms with Crippen molar-refractivity contribution in [1.29, 1.82) is 0 Å². The largest absolute Gasteiger partial charge is 0.385 e. The van der Waals surface area contributed by atoms with E-state index in [0.29, 0.717) is 6.04 Å². The van der Waals surface area contributed by atoms with E-state index in [-0.39, 0.29) is 0 Å². The summed E-state index contributed by atoms with van der Waals surface area (Å²) < 4.78 is 7.02. The maximum absolute atomic E-state index is 5.15. The van der Waals surface area contributed by atoms with E-state index in [2.05, 4.69) is 49.9 Å². The summed E-state index contributed by atoms with van der Waals surface area (Å²) in [5.74, 6) is 0.863. The van der Waals surface area contributed by atoms with Crippen LogP contribution in [-0.2, 0) is 11.3 Å². The van der Waals surface area contributed by atoms with Crippen molar-refractivity contribution in [3.63, 3.8) is 0 Å². The van der Waals surface area contributed by atoms with Crippen LogP contribution in [0, 0.1) is 0 Å². The van der Waals surface area contributed by atoms with Crippen molar-refractivity contribution >= 4 is 5.96 Å². The van der Waals surface area contributed by atoms with Gasteiger partial charge in [-0.1, -0.05) is 12.1 Å². The number of likely N-dealkylation sites (tertiary alicyclic amines) is 1. The molecular formula is C21H32N6O. The second kappa shape index (κ2) is 10.8. The van der Waals surface area contributed by atoms with Gasteiger partial charge in [-0.2, -0.15) is 5.10 Å². The number of piperidine rings is 1. The van der Waals surface area contributed by atoms with Gasteiger partial charge < -0.3 is 20.3 Å². The number of nitrogens with one attached hydrogen (secondary N) is 2. The quantitative estimate of drug-likeness (QED) is 0.414. The zero-order valence-electron chi connectivity index (χ0n) is 17.0. The fourth-order valence-corrected chi connectivity index (χ4v) is 3.54. The van der Waals surface area contributed by atoms with Gasteiger partial charge in [0.1, 0.15) is 0 Å². The van der Waals surface area contributed by atoms with Crippen LogP contribution in [0.25, 0.3) is 5.69 Å². The van der Waals surface area contributed by atoms with E-state index in [4.69, 9.17) is 4.74 Å². The molecule has 0 unspecified atom stereocenters. The number of aromatic nitrogens is 2. The summed E-state index contributed by atoms with van der Waals surface area (Å²) in [4.78, 5) is 6.92. The molecule has 1 aliphatic heterocycles. The van der Waals surface area contributed by atoms with Crippen LogP contribution in [0.1, 0.15) is 24.8 Å². The number of hydrogen-bond acceptors (Lipinski definition) is 4. The van der Waals surface area contributed by atoms with Gasteiger partial charge in [0.05, 0.1) is 5.69 Å². The van der Waals surface area contributed by atoms with Crippen LogP contribution in [0.4, 0.5) is 0 Å². The summed E-state index contributed by atoms with van der Waals surface area (Å²) in [6, 6.07) is 10.8. The molecule has 2 N–H and O–H groups in total. The van der Waals surface area contributed by atoms with Crippen molar-refractivity contribution in [3.8, 4) is 5.69 Å². The molecule has 0 saturated carbocycles. The predicted octanol–water partition coefficient (Wildman–Crippen LogP) is 2.04. The van der Waals surface area contributed by atoms with Gasteiger partial charge in [0, 0.05) is 65.4 Å². The van der Waals surface area contributed by atoms with Crippen molar-refractivity contribution in [3.05, 3.63) is 48.3 Å². The molecule has 1 saturated heterocycles. The van der Waals surface area contributed by atoms with Gasteiger partial charge in [-0.3, -0.25) is 4.99 Å². The van der Waals surface area contributed by atoms with Crippen LogP contribution in [0.2, 0.25) is 0 Å². The van der Waals surface area contributed by atoms with Crippen LogP contribution in [0.5, 0.6) is 0 Å². The van der Waals surface area contributed by atoms with E-state index in [1.54, 1.807) is 13.3 Å². The Morgan fingerprint density at radius 3 is 2.86 bits per heavy atom. The SMILES string of the molecule is CN=C(NCc1cccc(-n2cccn2)c1)NC1CCN(CCCOC)CC1. The lowest BCUT2D eigenvalue weighted by molar-refractivity contribution is 0.155. The molecule has 0 radical (unpaired) electrons. The van der Waals surface area contributed by atoms with Gasteiger partial charge >= 0.3 is 0 Å². The smallest absolute Gasteiger partial charge is 0.191 e. The van der Waals surface area contributed by atoms with E-state index in [0.717, 1.165) is 63.7 Å². The lowest BCUT2D eigenvalue weighted by Crippen LogP contribution is -2.48. The molecule has 2 aromatic rings. The normalized spacial score (nSPS) is 16.3. The number of methoxy groups -OCH3 is 1. The topological polar surface area (TPSA) is 66.7 Å². The summed E-state index contributed by atoms with van der Waals surface area (Å²) in [6.45, 7) is 4.95. The molecule has 0 aliphatic carbocycles. The van der Waals surface area contributed by atoms with Crippen LogP contribution < -0.4 is 10.6 Å². The first-order valence-electron chi connectivity index (χ1n) is 10.1. The Kier molecular flexibility index (Phi) is 7.87. The third kappa shape index (κ3) is 6.07. The number of nitrogens with zero attached hydrogens (tertiary/aromatic N) is 4. The maximum atomic E-state index is 5.15. The van der Waals surface area contributed by atoms with Gasteiger partial charge in [-0.25, -0.2) is 4.68 Å². The Labute approximate surface area is 167 Å². The lowest BCUT2D eigenvalue weighted by Gasteiger charge is -2.33. The molecule has 28 heavy (non-hydrogen) atoms. The van der Waals surface area contributed by atoms with E-state index < -0.39 is 0 Å². The molecule has 3 rings (SSSR count). The summed E-state index contributed by atoms with van der Waals surface area (Å²) in [6.07, 6.45) is 7.13. The van der Waals surface area contributed by atoms with Crippen LogP contribution in [0.15, 0.2) is 47.7 Å². The first-order valence-corrected chi connectivity index (χ1v) is 10.1. The highest BCUT2D eigenvalue weighted by molar-refractivity contribution is 5.80. The predicted molar refractivity (Wildman–Crippen MR) is 113 cm³/mol. The number of hydrogen-bond donors (Lipinski definition) is 2. The van der Waals surface area contributed by atoms with Crippen molar-refractivity contribution in [2.75, 3.05) is 40.4 Å². The fourth-order valence-electron chi connectivity index (χ4n) is 3.54. The van der Waals surface area contributed by atoms with E-state index >= 15 is 0 Å². The Hall–Kier alpha value is -2.38. The zero-order chi connectivity index (χ0) is 19.6. The molecule has 152 valence electrons. The summed E-state index contributed by atoms with van der Waals surface area (Å²) in [5.41, 5.74) is 2.26. The second-order valence-corrected chi connectivity index (χ2v) is 7.15. The highest BCUT2D eigenvalue weighted by atomic mass is 16.5. The Morgan fingerprint density at radius 1 is 1.29 bits per heavy atom. The number of aliphatic imine (C=N–C) groups is 1. The van der Waals surface area contributed by atoms with Gasteiger partial charge in [0.2, 0.25) is 0 Å². The molecule has 1 aromatic carbocycles. The zero-order valence-corrected chi connectivity index (χ0v) is 17.0. The van der Waals surface area contributed by atoms with Gasteiger partial charge in [0.15, 0.2) is 5.96 Å².